The van der Waals surface area contributed by atoms with E-state index in [4.69, 9.17) is 9.47 Å². The molecule has 24 heavy (non-hydrogen) atoms. The Labute approximate surface area is 144 Å². The fourth-order valence-electron chi connectivity index (χ4n) is 2.14. The van der Waals surface area contributed by atoms with Gasteiger partial charge in [-0.25, -0.2) is 9.97 Å². The van der Waals surface area contributed by atoms with Gasteiger partial charge in [0.15, 0.2) is 0 Å². The lowest BCUT2D eigenvalue weighted by Crippen LogP contribution is -2.19. The second-order valence-electron chi connectivity index (χ2n) is 5.81. The van der Waals surface area contributed by atoms with Gasteiger partial charge in [-0.05, 0) is 45.3 Å². The molecule has 1 aromatic heterocycles. The highest BCUT2D eigenvalue weighted by molar-refractivity contribution is 5.48. The van der Waals surface area contributed by atoms with E-state index in [1.54, 1.807) is 12.4 Å². The fraction of sp³-hybridized carbons (Fsp3) is 0.444. The van der Waals surface area contributed by atoms with Gasteiger partial charge in [-0.1, -0.05) is 0 Å². The van der Waals surface area contributed by atoms with Crippen LogP contribution in [0.5, 0.6) is 11.8 Å². The first-order valence-corrected chi connectivity index (χ1v) is 8.11. The Bertz CT molecular complexity index is 599. The number of likely N-dealkylation sites (N-methyl/N-ethyl adjacent to an activating group) is 1. The van der Waals surface area contributed by atoms with Gasteiger partial charge in [-0.15, -0.1) is 0 Å². The van der Waals surface area contributed by atoms with Gasteiger partial charge >= 0.3 is 6.01 Å². The maximum atomic E-state index is 5.71. The quantitative estimate of drug-likeness (QED) is 0.704. The first-order valence-electron chi connectivity index (χ1n) is 8.11. The van der Waals surface area contributed by atoms with Gasteiger partial charge in [0.05, 0.1) is 6.61 Å². The van der Waals surface area contributed by atoms with Crippen molar-refractivity contribution in [1.29, 1.82) is 0 Å². The molecule has 0 spiro atoms. The summed E-state index contributed by atoms with van der Waals surface area (Å²) in [6, 6.07) is 8.52. The highest BCUT2D eigenvalue weighted by Gasteiger charge is 2.05. The third kappa shape index (κ3) is 5.70. The first kappa shape index (κ1) is 18.0. The first-order chi connectivity index (χ1) is 11.6. The number of ether oxygens (including phenoxy) is 2. The van der Waals surface area contributed by atoms with Crippen LogP contribution in [0.3, 0.4) is 0 Å². The molecule has 0 aliphatic rings. The molecular weight excluding hydrogens is 304 g/mol. The smallest absolute Gasteiger partial charge is 0.316 e. The molecule has 0 bridgehead atoms. The third-order valence-corrected chi connectivity index (χ3v) is 3.46. The summed E-state index contributed by atoms with van der Waals surface area (Å²) < 4.78 is 11.0. The van der Waals surface area contributed by atoms with Crippen molar-refractivity contribution in [3.8, 4) is 11.8 Å². The predicted molar refractivity (Wildman–Crippen MR) is 95.8 cm³/mol. The van der Waals surface area contributed by atoms with Gasteiger partial charge in [0.25, 0.3) is 0 Å². The Morgan fingerprint density at radius 1 is 0.958 bits per heavy atom. The summed E-state index contributed by atoms with van der Waals surface area (Å²) in [7, 11) is 6.11. The molecule has 130 valence electrons. The van der Waals surface area contributed by atoms with Crippen molar-refractivity contribution in [3.05, 3.63) is 42.2 Å². The summed E-state index contributed by atoms with van der Waals surface area (Å²) in [6.07, 6.45) is 3.60. The standard InChI is InChI=1S/C18H26N4O2/c1-5-23-18-19-12-15(13-20-18)14-22(4)16-6-8-17(9-7-16)24-11-10-21(2)3/h6-9,12-13H,5,10-11,14H2,1-4H3. The van der Waals surface area contributed by atoms with Crippen molar-refractivity contribution in [3.63, 3.8) is 0 Å². The van der Waals surface area contributed by atoms with Gasteiger partial charge in [0.2, 0.25) is 0 Å². The van der Waals surface area contributed by atoms with Crippen molar-refractivity contribution in [2.24, 2.45) is 0 Å². The topological polar surface area (TPSA) is 50.7 Å². The van der Waals surface area contributed by atoms with E-state index in [0.29, 0.717) is 19.2 Å². The van der Waals surface area contributed by atoms with Crippen LogP contribution in [0.4, 0.5) is 5.69 Å². The summed E-state index contributed by atoms with van der Waals surface area (Å²) >= 11 is 0. The van der Waals surface area contributed by atoms with E-state index in [0.717, 1.165) is 30.1 Å². The van der Waals surface area contributed by atoms with Crippen LogP contribution in [0, 0.1) is 0 Å². The van der Waals surface area contributed by atoms with Crippen LogP contribution in [0.1, 0.15) is 12.5 Å². The monoisotopic (exact) mass is 330 g/mol. The largest absolute Gasteiger partial charge is 0.492 e. The minimum Gasteiger partial charge on any atom is -0.492 e. The van der Waals surface area contributed by atoms with E-state index >= 15 is 0 Å². The van der Waals surface area contributed by atoms with Crippen LogP contribution in [0.25, 0.3) is 0 Å². The molecule has 0 unspecified atom stereocenters. The van der Waals surface area contributed by atoms with Gasteiger partial charge in [-0.3, -0.25) is 0 Å². The number of anilines is 1. The van der Waals surface area contributed by atoms with Crippen LogP contribution in [0.15, 0.2) is 36.7 Å². The second-order valence-corrected chi connectivity index (χ2v) is 5.81. The maximum Gasteiger partial charge on any atom is 0.316 e. The molecule has 2 rings (SSSR count). The lowest BCUT2D eigenvalue weighted by Gasteiger charge is -2.19. The molecule has 0 fully saturated rings. The molecule has 0 aliphatic heterocycles. The molecule has 2 aromatic rings. The second kappa shape index (κ2) is 9.08. The molecule has 0 saturated carbocycles. The Kier molecular flexibility index (Phi) is 6.81. The van der Waals surface area contributed by atoms with E-state index in [1.165, 1.54) is 0 Å². The number of hydrogen-bond donors (Lipinski definition) is 0. The Hall–Kier alpha value is -2.34. The van der Waals surface area contributed by atoms with E-state index < -0.39 is 0 Å². The molecule has 0 saturated heterocycles. The number of hydrogen-bond acceptors (Lipinski definition) is 6. The minimum atomic E-state index is 0.420. The van der Waals surface area contributed by atoms with E-state index in [1.807, 2.05) is 40.2 Å². The summed E-state index contributed by atoms with van der Waals surface area (Å²) in [5, 5.41) is 0. The minimum absolute atomic E-state index is 0.420. The zero-order valence-electron chi connectivity index (χ0n) is 14.9. The van der Waals surface area contributed by atoms with Crippen molar-refractivity contribution in [1.82, 2.24) is 14.9 Å². The molecule has 0 aliphatic carbocycles. The van der Waals surface area contributed by atoms with E-state index in [-0.39, 0.29) is 0 Å². The molecule has 6 nitrogen and oxygen atoms in total. The molecule has 0 amide bonds. The van der Waals surface area contributed by atoms with Crippen LogP contribution < -0.4 is 14.4 Å². The lowest BCUT2D eigenvalue weighted by atomic mass is 10.2. The zero-order valence-corrected chi connectivity index (χ0v) is 14.9. The number of benzene rings is 1. The third-order valence-electron chi connectivity index (χ3n) is 3.46. The number of aromatic nitrogens is 2. The fourth-order valence-corrected chi connectivity index (χ4v) is 2.14. The van der Waals surface area contributed by atoms with Crippen LogP contribution in [-0.2, 0) is 6.54 Å². The molecular formula is C18H26N4O2. The molecule has 0 N–H and O–H groups in total. The van der Waals surface area contributed by atoms with Crippen molar-refractivity contribution < 1.29 is 9.47 Å². The average molecular weight is 330 g/mol. The van der Waals surface area contributed by atoms with Crippen LogP contribution >= 0.6 is 0 Å². The summed E-state index contributed by atoms with van der Waals surface area (Å²) in [4.78, 5) is 12.6. The van der Waals surface area contributed by atoms with Crippen molar-refractivity contribution >= 4 is 5.69 Å². The average Bonchev–Trinajstić information content (AvgIpc) is 2.57. The number of nitrogens with zero attached hydrogens (tertiary/aromatic N) is 4. The van der Waals surface area contributed by atoms with E-state index in [9.17, 15) is 0 Å². The summed E-state index contributed by atoms with van der Waals surface area (Å²) in [5.41, 5.74) is 2.15. The highest BCUT2D eigenvalue weighted by atomic mass is 16.5. The Morgan fingerprint density at radius 3 is 2.21 bits per heavy atom. The van der Waals surface area contributed by atoms with Crippen molar-refractivity contribution in [2.75, 3.05) is 45.8 Å². The van der Waals surface area contributed by atoms with E-state index in [2.05, 4.69) is 31.9 Å². The highest BCUT2D eigenvalue weighted by Crippen LogP contribution is 2.20. The Morgan fingerprint density at radius 2 is 1.62 bits per heavy atom. The van der Waals surface area contributed by atoms with Crippen LogP contribution in [-0.4, -0.2) is 55.8 Å². The normalized spacial score (nSPS) is 10.7. The lowest BCUT2D eigenvalue weighted by molar-refractivity contribution is 0.261. The Balaban J connectivity index is 1.88. The molecule has 1 aromatic carbocycles. The summed E-state index contributed by atoms with van der Waals surface area (Å²) in [5.74, 6) is 0.887. The predicted octanol–water partition coefficient (Wildman–Crippen LogP) is 2.45. The molecule has 1 heterocycles. The zero-order chi connectivity index (χ0) is 17.4. The number of rotatable bonds is 9. The summed E-state index contributed by atoms with van der Waals surface area (Å²) in [6.45, 7) is 4.81. The van der Waals surface area contributed by atoms with Crippen LogP contribution in [0.2, 0.25) is 0 Å². The maximum absolute atomic E-state index is 5.71. The molecule has 0 atom stereocenters. The van der Waals surface area contributed by atoms with Gasteiger partial charge in [-0.2, -0.15) is 0 Å². The van der Waals surface area contributed by atoms with Crippen molar-refractivity contribution in [2.45, 2.75) is 13.5 Å². The molecule has 6 heteroatoms. The van der Waals surface area contributed by atoms with Gasteiger partial charge in [0.1, 0.15) is 12.4 Å². The SMILES string of the molecule is CCOc1ncc(CN(C)c2ccc(OCCN(C)C)cc2)cn1. The van der Waals surface area contributed by atoms with Gasteiger partial charge in [0, 0.05) is 43.8 Å². The molecule has 0 radical (unpaired) electrons. The van der Waals surface area contributed by atoms with Gasteiger partial charge < -0.3 is 19.3 Å².